The number of benzene rings is 2. The molecule has 3 heteroatoms. The van der Waals surface area contributed by atoms with Gasteiger partial charge in [-0.15, -0.1) is 0 Å². The molecule has 0 saturated carbocycles. The van der Waals surface area contributed by atoms with E-state index in [1.165, 1.54) is 5.56 Å². The lowest BCUT2D eigenvalue weighted by atomic mass is 10.1. The molecule has 0 atom stereocenters. The van der Waals surface area contributed by atoms with Gasteiger partial charge in [0.2, 0.25) is 0 Å². The molecule has 2 aromatic rings. The monoisotopic (exact) mass is 226 g/mol. The Morgan fingerprint density at radius 2 is 1.53 bits per heavy atom. The second kappa shape index (κ2) is 3.79. The number of hydrogen-bond donors (Lipinski definition) is 3. The quantitative estimate of drug-likeness (QED) is 0.596. The molecule has 0 spiro atoms. The number of aliphatic hydroxyl groups excluding tert-OH is 1. The zero-order chi connectivity index (χ0) is 11.8. The summed E-state index contributed by atoms with van der Waals surface area (Å²) in [6.45, 7) is 2.14. The molecule has 0 radical (unpaired) electrons. The molecular formula is C14H14N2O. The van der Waals surface area contributed by atoms with E-state index < -0.39 is 0 Å². The number of rotatable bonds is 1. The smallest absolute Gasteiger partial charge is 0.0682 e. The van der Waals surface area contributed by atoms with Crippen molar-refractivity contribution >= 4 is 22.7 Å². The van der Waals surface area contributed by atoms with Crippen LogP contribution in [0.4, 0.5) is 22.7 Å². The Balaban J connectivity index is 2.05. The van der Waals surface area contributed by atoms with Crippen molar-refractivity contribution in [3.05, 3.63) is 47.5 Å². The van der Waals surface area contributed by atoms with Gasteiger partial charge >= 0.3 is 0 Å². The second-order valence-electron chi connectivity index (χ2n) is 4.34. The first-order valence-electron chi connectivity index (χ1n) is 5.65. The van der Waals surface area contributed by atoms with Gasteiger partial charge < -0.3 is 15.7 Å². The highest BCUT2D eigenvalue weighted by molar-refractivity contribution is 5.90. The molecule has 86 valence electrons. The summed E-state index contributed by atoms with van der Waals surface area (Å²) >= 11 is 0. The Hall–Kier alpha value is -2.00. The minimum absolute atomic E-state index is 0.0651. The molecule has 0 unspecified atom stereocenters. The van der Waals surface area contributed by atoms with Crippen LogP contribution in [0.5, 0.6) is 0 Å². The van der Waals surface area contributed by atoms with Gasteiger partial charge in [-0.3, -0.25) is 0 Å². The third-order valence-corrected chi connectivity index (χ3v) is 2.98. The molecule has 3 N–H and O–H groups in total. The largest absolute Gasteiger partial charge is 0.392 e. The number of aryl methyl sites for hydroxylation is 1. The molecule has 0 amide bonds. The fraction of sp³-hybridized carbons (Fsp3) is 0.143. The fourth-order valence-electron chi connectivity index (χ4n) is 2.06. The normalized spacial score (nSPS) is 12.1. The van der Waals surface area contributed by atoms with Gasteiger partial charge in [0.15, 0.2) is 0 Å². The summed E-state index contributed by atoms with van der Waals surface area (Å²) in [5.74, 6) is 0. The van der Waals surface area contributed by atoms with Crippen LogP contribution in [0, 0.1) is 6.92 Å². The highest BCUT2D eigenvalue weighted by Gasteiger charge is 2.13. The van der Waals surface area contributed by atoms with Crippen LogP contribution in [0.2, 0.25) is 0 Å². The number of aliphatic hydroxyl groups is 1. The van der Waals surface area contributed by atoms with E-state index >= 15 is 0 Å². The van der Waals surface area contributed by atoms with E-state index in [1.807, 2.05) is 18.2 Å². The van der Waals surface area contributed by atoms with Gasteiger partial charge in [0, 0.05) is 0 Å². The van der Waals surface area contributed by atoms with E-state index in [2.05, 4.69) is 35.8 Å². The average molecular weight is 226 g/mol. The van der Waals surface area contributed by atoms with E-state index in [1.54, 1.807) is 0 Å². The molecule has 3 rings (SSSR count). The molecule has 0 aliphatic carbocycles. The van der Waals surface area contributed by atoms with Gasteiger partial charge in [-0.25, -0.2) is 0 Å². The molecule has 0 fully saturated rings. The fourth-order valence-corrected chi connectivity index (χ4v) is 2.06. The zero-order valence-electron chi connectivity index (χ0n) is 9.62. The highest BCUT2D eigenvalue weighted by atomic mass is 16.3. The van der Waals surface area contributed by atoms with Crippen LogP contribution in [-0.2, 0) is 6.61 Å². The first-order chi connectivity index (χ1) is 8.26. The van der Waals surface area contributed by atoms with Crippen LogP contribution in [0.15, 0.2) is 36.4 Å². The average Bonchev–Trinajstić information content (AvgIpc) is 2.35. The molecule has 0 aromatic heterocycles. The first kappa shape index (κ1) is 10.2. The summed E-state index contributed by atoms with van der Waals surface area (Å²) in [4.78, 5) is 0. The van der Waals surface area contributed by atoms with Gasteiger partial charge in [0.25, 0.3) is 0 Å². The van der Waals surface area contributed by atoms with Gasteiger partial charge in [0.05, 0.1) is 29.4 Å². The summed E-state index contributed by atoms with van der Waals surface area (Å²) in [6.07, 6.45) is 0. The third kappa shape index (κ3) is 1.74. The van der Waals surface area contributed by atoms with E-state index in [9.17, 15) is 0 Å². The lowest BCUT2D eigenvalue weighted by Crippen LogP contribution is -2.06. The van der Waals surface area contributed by atoms with Crippen LogP contribution in [0.25, 0.3) is 0 Å². The van der Waals surface area contributed by atoms with Crippen LogP contribution < -0.4 is 10.6 Å². The molecular weight excluding hydrogens is 212 g/mol. The molecule has 1 aliphatic rings. The SMILES string of the molecule is Cc1ccc2c(c1)Nc1cc(CO)ccc1N2. The Morgan fingerprint density at radius 1 is 0.882 bits per heavy atom. The van der Waals surface area contributed by atoms with E-state index in [0.717, 1.165) is 28.3 Å². The minimum atomic E-state index is 0.0651. The van der Waals surface area contributed by atoms with Gasteiger partial charge in [-0.05, 0) is 42.3 Å². The van der Waals surface area contributed by atoms with Crippen molar-refractivity contribution in [1.82, 2.24) is 0 Å². The van der Waals surface area contributed by atoms with E-state index in [-0.39, 0.29) is 6.61 Å². The summed E-state index contributed by atoms with van der Waals surface area (Å²) in [5.41, 5.74) is 6.34. The predicted octanol–water partition coefficient (Wildman–Crippen LogP) is 3.29. The van der Waals surface area contributed by atoms with Crippen molar-refractivity contribution in [3.63, 3.8) is 0 Å². The zero-order valence-corrected chi connectivity index (χ0v) is 9.62. The molecule has 2 aromatic carbocycles. The Bertz CT molecular complexity index is 578. The minimum Gasteiger partial charge on any atom is -0.392 e. The van der Waals surface area contributed by atoms with Crippen molar-refractivity contribution in [2.75, 3.05) is 10.6 Å². The summed E-state index contributed by atoms with van der Waals surface area (Å²) in [6, 6.07) is 12.1. The van der Waals surface area contributed by atoms with Gasteiger partial charge in [-0.1, -0.05) is 12.1 Å². The van der Waals surface area contributed by atoms with Crippen molar-refractivity contribution in [2.45, 2.75) is 13.5 Å². The first-order valence-corrected chi connectivity index (χ1v) is 5.65. The number of nitrogens with one attached hydrogen (secondary N) is 2. The molecule has 1 aliphatic heterocycles. The van der Waals surface area contributed by atoms with Crippen LogP contribution in [0.1, 0.15) is 11.1 Å². The predicted molar refractivity (Wildman–Crippen MR) is 70.1 cm³/mol. The van der Waals surface area contributed by atoms with Gasteiger partial charge in [-0.2, -0.15) is 0 Å². The van der Waals surface area contributed by atoms with Crippen LogP contribution in [-0.4, -0.2) is 5.11 Å². The lowest BCUT2D eigenvalue weighted by molar-refractivity contribution is 0.282. The molecule has 1 heterocycles. The standard InChI is InChI=1S/C14H14N2O/c1-9-2-4-11-13(6-9)16-14-7-10(8-17)3-5-12(14)15-11/h2-7,15-17H,8H2,1H3. The third-order valence-electron chi connectivity index (χ3n) is 2.98. The molecule has 3 nitrogen and oxygen atoms in total. The maximum Gasteiger partial charge on any atom is 0.0682 e. The molecule has 0 saturated heterocycles. The number of anilines is 4. The van der Waals surface area contributed by atoms with Gasteiger partial charge in [0.1, 0.15) is 0 Å². The summed E-state index contributed by atoms with van der Waals surface area (Å²) in [5, 5.41) is 15.9. The van der Waals surface area contributed by atoms with Crippen LogP contribution in [0.3, 0.4) is 0 Å². The van der Waals surface area contributed by atoms with Crippen molar-refractivity contribution < 1.29 is 5.11 Å². The van der Waals surface area contributed by atoms with Crippen molar-refractivity contribution in [1.29, 1.82) is 0 Å². The Morgan fingerprint density at radius 3 is 2.29 bits per heavy atom. The Kier molecular flexibility index (Phi) is 2.27. The second-order valence-corrected chi connectivity index (χ2v) is 4.34. The van der Waals surface area contributed by atoms with E-state index in [4.69, 9.17) is 5.11 Å². The lowest BCUT2D eigenvalue weighted by Gasteiger charge is -2.23. The van der Waals surface area contributed by atoms with Crippen LogP contribution >= 0.6 is 0 Å². The topological polar surface area (TPSA) is 44.3 Å². The number of hydrogen-bond acceptors (Lipinski definition) is 3. The Labute approximate surface area is 100 Å². The van der Waals surface area contributed by atoms with Crippen molar-refractivity contribution in [2.24, 2.45) is 0 Å². The summed E-state index contributed by atoms with van der Waals surface area (Å²) in [7, 11) is 0. The van der Waals surface area contributed by atoms with Crippen molar-refractivity contribution in [3.8, 4) is 0 Å². The highest BCUT2D eigenvalue weighted by Crippen LogP contribution is 2.38. The molecule has 17 heavy (non-hydrogen) atoms. The maximum atomic E-state index is 9.13. The maximum absolute atomic E-state index is 9.13. The summed E-state index contributed by atoms with van der Waals surface area (Å²) < 4.78 is 0. The van der Waals surface area contributed by atoms with E-state index in [0.29, 0.717) is 0 Å². The molecule has 0 bridgehead atoms. The number of fused-ring (bicyclic) bond motifs is 2.